The largest absolute Gasteiger partial charge is 0.481 e. The quantitative estimate of drug-likeness (QED) is 0.748. The summed E-state index contributed by atoms with van der Waals surface area (Å²) in [7, 11) is 0. The van der Waals surface area contributed by atoms with Crippen LogP contribution in [0.1, 0.15) is 32.6 Å². The highest BCUT2D eigenvalue weighted by atomic mass is 79.9. The molecule has 1 aromatic rings. The van der Waals surface area contributed by atoms with Gasteiger partial charge in [0, 0.05) is 14.6 Å². The van der Waals surface area contributed by atoms with Gasteiger partial charge in [0.1, 0.15) is 0 Å². The van der Waals surface area contributed by atoms with Crippen LogP contribution in [-0.4, -0.2) is 16.3 Å². The zero-order valence-corrected chi connectivity index (χ0v) is 12.3. The van der Waals surface area contributed by atoms with Gasteiger partial charge in [-0.15, -0.1) is 11.8 Å². The molecule has 0 radical (unpaired) electrons. The van der Waals surface area contributed by atoms with Crippen LogP contribution in [0.4, 0.5) is 0 Å². The first-order valence-corrected chi connectivity index (χ1v) is 7.43. The predicted molar refractivity (Wildman–Crippen MR) is 75.6 cm³/mol. The zero-order valence-electron chi connectivity index (χ0n) is 9.86. The summed E-state index contributed by atoms with van der Waals surface area (Å²) in [6.45, 7) is 2.13. The summed E-state index contributed by atoms with van der Waals surface area (Å²) in [5.41, 5.74) is 0. The number of benzene rings is 1. The van der Waals surface area contributed by atoms with Gasteiger partial charge in [-0.05, 0) is 30.7 Å². The fourth-order valence-electron chi connectivity index (χ4n) is 1.53. The summed E-state index contributed by atoms with van der Waals surface area (Å²) in [5, 5.41) is 9.06. The van der Waals surface area contributed by atoms with E-state index in [4.69, 9.17) is 5.11 Å². The monoisotopic (exact) mass is 316 g/mol. The van der Waals surface area contributed by atoms with Crippen molar-refractivity contribution in [2.24, 2.45) is 0 Å². The van der Waals surface area contributed by atoms with E-state index in [2.05, 4.69) is 22.9 Å². The maximum atomic E-state index is 10.8. The van der Waals surface area contributed by atoms with E-state index < -0.39 is 5.97 Å². The molecule has 4 heteroatoms. The van der Waals surface area contributed by atoms with Crippen molar-refractivity contribution in [1.29, 1.82) is 0 Å². The van der Waals surface area contributed by atoms with E-state index in [0.29, 0.717) is 0 Å². The smallest absolute Gasteiger partial charge is 0.304 e. The molecule has 0 bridgehead atoms. The molecule has 0 heterocycles. The van der Waals surface area contributed by atoms with Gasteiger partial charge in [-0.1, -0.05) is 35.7 Å². The van der Waals surface area contributed by atoms with Gasteiger partial charge in [0.25, 0.3) is 0 Å². The van der Waals surface area contributed by atoms with Gasteiger partial charge < -0.3 is 5.11 Å². The summed E-state index contributed by atoms with van der Waals surface area (Å²) in [5.74, 6) is -0.712. The van der Waals surface area contributed by atoms with E-state index in [1.807, 2.05) is 24.3 Å². The Morgan fingerprint density at radius 1 is 1.41 bits per heavy atom. The Hall–Kier alpha value is -0.480. The van der Waals surface area contributed by atoms with Crippen LogP contribution in [0.3, 0.4) is 0 Å². The lowest BCUT2D eigenvalue weighted by atomic mass is 10.1. The minimum Gasteiger partial charge on any atom is -0.481 e. The SMILES string of the molecule is CCCC[C@@H](CC(=O)O)Sc1ccc(Br)cc1. The summed E-state index contributed by atoms with van der Waals surface area (Å²) in [4.78, 5) is 11.9. The van der Waals surface area contributed by atoms with Crippen molar-refractivity contribution in [2.75, 3.05) is 0 Å². The zero-order chi connectivity index (χ0) is 12.7. The molecule has 0 aliphatic carbocycles. The molecule has 1 N–H and O–H groups in total. The number of carboxylic acids is 1. The molecule has 0 spiro atoms. The molecule has 0 unspecified atom stereocenters. The molecule has 0 saturated carbocycles. The topological polar surface area (TPSA) is 37.3 Å². The van der Waals surface area contributed by atoms with Crippen LogP contribution in [0.25, 0.3) is 0 Å². The minimum atomic E-state index is -0.712. The number of halogens is 1. The lowest BCUT2D eigenvalue weighted by molar-refractivity contribution is -0.137. The van der Waals surface area contributed by atoms with E-state index >= 15 is 0 Å². The number of hydrogen-bond donors (Lipinski definition) is 1. The van der Waals surface area contributed by atoms with Crippen LogP contribution in [0.15, 0.2) is 33.6 Å². The van der Waals surface area contributed by atoms with Gasteiger partial charge in [-0.2, -0.15) is 0 Å². The highest BCUT2D eigenvalue weighted by molar-refractivity contribution is 9.10. The van der Waals surface area contributed by atoms with Crippen molar-refractivity contribution in [3.8, 4) is 0 Å². The van der Waals surface area contributed by atoms with Crippen molar-refractivity contribution in [1.82, 2.24) is 0 Å². The van der Waals surface area contributed by atoms with E-state index in [9.17, 15) is 4.79 Å². The molecule has 0 aliphatic rings. The maximum Gasteiger partial charge on any atom is 0.304 e. The molecule has 1 aromatic carbocycles. The average molecular weight is 317 g/mol. The molecule has 17 heavy (non-hydrogen) atoms. The van der Waals surface area contributed by atoms with E-state index in [-0.39, 0.29) is 11.7 Å². The van der Waals surface area contributed by atoms with Gasteiger partial charge in [0.2, 0.25) is 0 Å². The molecular formula is C13H17BrO2S. The van der Waals surface area contributed by atoms with Crippen molar-refractivity contribution >= 4 is 33.7 Å². The second-order valence-corrected chi connectivity index (χ2v) is 6.22. The third-order valence-corrected chi connectivity index (χ3v) is 4.21. The summed E-state index contributed by atoms with van der Waals surface area (Å²) >= 11 is 5.05. The molecule has 0 saturated heterocycles. The number of unbranched alkanes of at least 4 members (excludes halogenated alkanes) is 1. The van der Waals surface area contributed by atoms with Gasteiger partial charge in [0.05, 0.1) is 6.42 Å². The van der Waals surface area contributed by atoms with Gasteiger partial charge in [-0.3, -0.25) is 4.79 Å². The highest BCUT2D eigenvalue weighted by Crippen LogP contribution is 2.29. The van der Waals surface area contributed by atoms with E-state index in [1.165, 1.54) is 0 Å². The van der Waals surface area contributed by atoms with Crippen LogP contribution in [0.5, 0.6) is 0 Å². The van der Waals surface area contributed by atoms with Crippen LogP contribution >= 0.6 is 27.7 Å². The van der Waals surface area contributed by atoms with Gasteiger partial charge in [0.15, 0.2) is 0 Å². The Morgan fingerprint density at radius 3 is 2.59 bits per heavy atom. The minimum absolute atomic E-state index is 0.175. The number of rotatable bonds is 7. The van der Waals surface area contributed by atoms with Crippen LogP contribution in [-0.2, 0) is 4.79 Å². The highest BCUT2D eigenvalue weighted by Gasteiger charge is 2.14. The van der Waals surface area contributed by atoms with Crippen molar-refractivity contribution in [2.45, 2.75) is 42.8 Å². The predicted octanol–water partition coefficient (Wildman–Crippen LogP) is 4.57. The van der Waals surface area contributed by atoms with Crippen LogP contribution in [0.2, 0.25) is 0 Å². The van der Waals surface area contributed by atoms with Crippen LogP contribution in [0, 0.1) is 0 Å². The lowest BCUT2D eigenvalue weighted by Crippen LogP contribution is -2.09. The maximum absolute atomic E-state index is 10.8. The number of thioether (sulfide) groups is 1. The normalized spacial score (nSPS) is 12.4. The van der Waals surface area contributed by atoms with Gasteiger partial charge >= 0.3 is 5.97 Å². The fourth-order valence-corrected chi connectivity index (χ4v) is 2.99. The lowest BCUT2D eigenvalue weighted by Gasteiger charge is -2.14. The van der Waals surface area contributed by atoms with E-state index in [1.54, 1.807) is 11.8 Å². The number of carboxylic acid groups (broad SMARTS) is 1. The Balaban J connectivity index is 2.57. The Bertz CT molecular complexity index is 351. The second-order valence-electron chi connectivity index (χ2n) is 3.93. The number of hydrogen-bond acceptors (Lipinski definition) is 2. The summed E-state index contributed by atoms with van der Waals surface area (Å²) in [6.07, 6.45) is 3.39. The Labute approximate surface area is 115 Å². The Kier molecular flexibility index (Phi) is 6.66. The molecule has 1 rings (SSSR count). The molecular weight excluding hydrogens is 300 g/mol. The number of aliphatic carboxylic acids is 1. The molecule has 1 atom stereocenters. The molecule has 0 fully saturated rings. The van der Waals surface area contributed by atoms with Crippen molar-refractivity contribution < 1.29 is 9.90 Å². The molecule has 0 aliphatic heterocycles. The third kappa shape index (κ3) is 6.13. The average Bonchev–Trinajstić information content (AvgIpc) is 2.28. The van der Waals surface area contributed by atoms with Crippen molar-refractivity contribution in [3.63, 3.8) is 0 Å². The first kappa shape index (κ1) is 14.6. The molecule has 2 nitrogen and oxygen atoms in total. The van der Waals surface area contributed by atoms with Crippen molar-refractivity contribution in [3.05, 3.63) is 28.7 Å². The van der Waals surface area contributed by atoms with Crippen LogP contribution < -0.4 is 0 Å². The standard InChI is InChI=1S/C13H17BrO2S/c1-2-3-4-12(9-13(15)16)17-11-7-5-10(14)6-8-11/h5-8,12H,2-4,9H2,1H3,(H,15,16)/t12-/m0/s1. The third-order valence-electron chi connectivity index (χ3n) is 2.40. The van der Waals surface area contributed by atoms with Gasteiger partial charge in [-0.25, -0.2) is 0 Å². The molecule has 94 valence electrons. The summed E-state index contributed by atoms with van der Waals surface area (Å²) in [6, 6.07) is 8.02. The molecule has 0 aromatic heterocycles. The first-order valence-electron chi connectivity index (χ1n) is 5.76. The first-order chi connectivity index (χ1) is 8.11. The fraction of sp³-hybridized carbons (Fsp3) is 0.462. The second kappa shape index (κ2) is 7.77. The molecule has 0 amide bonds. The number of carbonyl (C=O) groups is 1. The summed E-state index contributed by atoms with van der Waals surface area (Å²) < 4.78 is 1.05. The van der Waals surface area contributed by atoms with E-state index in [0.717, 1.165) is 28.6 Å². The Morgan fingerprint density at radius 2 is 2.06 bits per heavy atom.